The van der Waals surface area contributed by atoms with E-state index in [1.54, 1.807) is 28.6 Å². The number of nitrogens with zero attached hydrogens (tertiary/aromatic N) is 1. The zero-order valence-corrected chi connectivity index (χ0v) is 13.4. The average Bonchev–Trinajstić information content (AvgIpc) is 3.02. The predicted octanol–water partition coefficient (Wildman–Crippen LogP) is 1.85. The highest BCUT2D eigenvalue weighted by Gasteiger charge is 2.26. The predicted molar refractivity (Wildman–Crippen MR) is 83.1 cm³/mol. The van der Waals surface area contributed by atoms with E-state index in [0.717, 1.165) is 32.4 Å². The average molecular weight is 312 g/mol. The first-order chi connectivity index (χ1) is 10.1. The highest BCUT2D eigenvalue weighted by Crippen LogP contribution is 2.22. The summed E-state index contributed by atoms with van der Waals surface area (Å²) in [4.78, 5) is 0.348. The molecule has 0 aliphatic carbocycles. The van der Waals surface area contributed by atoms with E-state index in [9.17, 15) is 8.42 Å². The van der Waals surface area contributed by atoms with Crippen molar-refractivity contribution in [3.8, 4) is 5.75 Å². The Morgan fingerprint density at radius 1 is 1.14 bits per heavy atom. The first-order valence-corrected chi connectivity index (χ1v) is 9.02. The molecule has 1 aliphatic heterocycles. The van der Waals surface area contributed by atoms with E-state index >= 15 is 0 Å². The molecule has 0 aromatic heterocycles. The second kappa shape index (κ2) is 7.77. The van der Waals surface area contributed by atoms with Crippen molar-refractivity contribution in [3.05, 3.63) is 24.3 Å². The summed E-state index contributed by atoms with van der Waals surface area (Å²) in [5.41, 5.74) is 0. The summed E-state index contributed by atoms with van der Waals surface area (Å²) in [6, 6.07) is 6.70. The van der Waals surface area contributed by atoms with Crippen LogP contribution in [0.25, 0.3) is 0 Å². The molecule has 1 heterocycles. The van der Waals surface area contributed by atoms with Gasteiger partial charge in [-0.25, -0.2) is 8.42 Å². The molecule has 21 heavy (non-hydrogen) atoms. The molecule has 0 amide bonds. The summed E-state index contributed by atoms with van der Waals surface area (Å²) in [5.74, 6) is 0.702. The van der Waals surface area contributed by atoms with Gasteiger partial charge in [0.25, 0.3) is 0 Å². The SMILES string of the molecule is CCCNCCOc1ccc(S(=O)(=O)N2CCCC2)cc1. The maximum Gasteiger partial charge on any atom is 0.243 e. The molecule has 1 aromatic rings. The fraction of sp³-hybridized carbons (Fsp3) is 0.600. The third-order valence-electron chi connectivity index (χ3n) is 3.50. The lowest BCUT2D eigenvalue weighted by Gasteiger charge is -2.15. The minimum atomic E-state index is -3.32. The number of nitrogens with one attached hydrogen (secondary N) is 1. The van der Waals surface area contributed by atoms with Crippen molar-refractivity contribution in [3.63, 3.8) is 0 Å². The second-order valence-corrected chi connectivity index (χ2v) is 7.12. The monoisotopic (exact) mass is 312 g/mol. The number of rotatable bonds is 8. The van der Waals surface area contributed by atoms with Crippen LogP contribution in [0.5, 0.6) is 5.75 Å². The van der Waals surface area contributed by atoms with Crippen LogP contribution in [0.1, 0.15) is 26.2 Å². The fourth-order valence-electron chi connectivity index (χ4n) is 2.33. The number of benzene rings is 1. The van der Waals surface area contributed by atoms with Crippen LogP contribution >= 0.6 is 0 Å². The summed E-state index contributed by atoms with van der Waals surface area (Å²) in [6.07, 6.45) is 3.00. The van der Waals surface area contributed by atoms with Crippen LogP contribution in [0, 0.1) is 0 Å². The van der Waals surface area contributed by atoms with Crippen LogP contribution in [0.15, 0.2) is 29.2 Å². The Kier molecular flexibility index (Phi) is 6.02. The first-order valence-electron chi connectivity index (χ1n) is 7.58. The number of ether oxygens (including phenoxy) is 1. The zero-order valence-electron chi connectivity index (χ0n) is 12.5. The smallest absolute Gasteiger partial charge is 0.243 e. The topological polar surface area (TPSA) is 58.6 Å². The molecule has 1 aromatic carbocycles. The Hall–Kier alpha value is -1.11. The van der Waals surface area contributed by atoms with Gasteiger partial charge in [0.2, 0.25) is 10.0 Å². The molecular formula is C15H24N2O3S. The van der Waals surface area contributed by atoms with Gasteiger partial charge in [0.1, 0.15) is 12.4 Å². The van der Waals surface area contributed by atoms with Gasteiger partial charge in [-0.05, 0) is 50.1 Å². The molecule has 0 saturated carbocycles. The zero-order chi connectivity index (χ0) is 15.1. The maximum atomic E-state index is 12.4. The molecule has 1 fully saturated rings. The Bertz CT molecular complexity index is 522. The van der Waals surface area contributed by atoms with Crippen molar-refractivity contribution < 1.29 is 13.2 Å². The molecule has 0 bridgehead atoms. The number of hydrogen-bond donors (Lipinski definition) is 1. The van der Waals surface area contributed by atoms with Gasteiger partial charge in [-0.2, -0.15) is 4.31 Å². The van der Waals surface area contributed by atoms with Crippen molar-refractivity contribution in [2.24, 2.45) is 0 Å². The van der Waals surface area contributed by atoms with Crippen molar-refractivity contribution in [2.45, 2.75) is 31.1 Å². The molecule has 0 radical (unpaired) electrons. The normalized spacial score (nSPS) is 16.2. The third kappa shape index (κ3) is 4.43. The Balaban J connectivity index is 1.89. The lowest BCUT2D eigenvalue weighted by molar-refractivity contribution is 0.314. The largest absolute Gasteiger partial charge is 0.492 e. The van der Waals surface area contributed by atoms with E-state index in [2.05, 4.69) is 12.2 Å². The quantitative estimate of drug-likeness (QED) is 0.744. The summed E-state index contributed by atoms with van der Waals surface area (Å²) in [7, 11) is -3.32. The van der Waals surface area contributed by atoms with E-state index in [0.29, 0.717) is 30.3 Å². The van der Waals surface area contributed by atoms with Crippen molar-refractivity contribution >= 4 is 10.0 Å². The van der Waals surface area contributed by atoms with Crippen LogP contribution in [-0.4, -0.2) is 45.5 Å². The Labute approximate surface area is 127 Å². The summed E-state index contributed by atoms with van der Waals surface area (Å²) < 4.78 is 31.8. The van der Waals surface area contributed by atoms with E-state index in [4.69, 9.17) is 4.74 Å². The van der Waals surface area contributed by atoms with Crippen molar-refractivity contribution in [1.82, 2.24) is 9.62 Å². The standard InChI is InChI=1S/C15H24N2O3S/c1-2-9-16-10-13-20-14-5-7-15(8-6-14)21(18,19)17-11-3-4-12-17/h5-8,16H,2-4,9-13H2,1H3. The lowest BCUT2D eigenvalue weighted by atomic mass is 10.3. The fourth-order valence-corrected chi connectivity index (χ4v) is 3.85. The minimum Gasteiger partial charge on any atom is -0.492 e. The van der Waals surface area contributed by atoms with Crippen LogP contribution in [0.4, 0.5) is 0 Å². The summed E-state index contributed by atoms with van der Waals surface area (Å²) in [5, 5.41) is 3.25. The minimum absolute atomic E-state index is 0.348. The van der Waals surface area contributed by atoms with E-state index in [-0.39, 0.29) is 0 Å². The molecule has 6 heteroatoms. The van der Waals surface area contributed by atoms with Crippen LogP contribution in [0.2, 0.25) is 0 Å². The van der Waals surface area contributed by atoms with Gasteiger partial charge >= 0.3 is 0 Å². The molecule has 0 atom stereocenters. The van der Waals surface area contributed by atoms with E-state index in [1.165, 1.54) is 0 Å². The van der Waals surface area contributed by atoms with Gasteiger partial charge in [-0.15, -0.1) is 0 Å². The van der Waals surface area contributed by atoms with Crippen LogP contribution in [-0.2, 0) is 10.0 Å². The van der Waals surface area contributed by atoms with Gasteiger partial charge in [0.05, 0.1) is 4.90 Å². The molecule has 1 saturated heterocycles. The van der Waals surface area contributed by atoms with Gasteiger partial charge in [0.15, 0.2) is 0 Å². The van der Waals surface area contributed by atoms with E-state index in [1.807, 2.05) is 0 Å². The second-order valence-electron chi connectivity index (χ2n) is 5.18. The Morgan fingerprint density at radius 2 is 1.81 bits per heavy atom. The molecule has 2 rings (SSSR count). The highest BCUT2D eigenvalue weighted by atomic mass is 32.2. The molecular weight excluding hydrogens is 288 g/mol. The van der Waals surface area contributed by atoms with Gasteiger partial charge in [-0.3, -0.25) is 0 Å². The number of sulfonamides is 1. The lowest BCUT2D eigenvalue weighted by Crippen LogP contribution is -2.27. The van der Waals surface area contributed by atoms with Gasteiger partial charge < -0.3 is 10.1 Å². The van der Waals surface area contributed by atoms with Crippen molar-refractivity contribution in [2.75, 3.05) is 32.8 Å². The van der Waals surface area contributed by atoms with Crippen LogP contribution < -0.4 is 10.1 Å². The van der Waals surface area contributed by atoms with Gasteiger partial charge in [0, 0.05) is 19.6 Å². The molecule has 1 N–H and O–H groups in total. The van der Waals surface area contributed by atoms with E-state index < -0.39 is 10.0 Å². The van der Waals surface area contributed by atoms with Gasteiger partial charge in [-0.1, -0.05) is 6.92 Å². The molecule has 1 aliphatic rings. The first kappa shape index (κ1) is 16.3. The summed E-state index contributed by atoms with van der Waals surface area (Å²) in [6.45, 7) is 5.73. The molecule has 5 nitrogen and oxygen atoms in total. The third-order valence-corrected chi connectivity index (χ3v) is 5.41. The summed E-state index contributed by atoms with van der Waals surface area (Å²) >= 11 is 0. The molecule has 0 spiro atoms. The molecule has 118 valence electrons. The van der Waals surface area contributed by atoms with Crippen molar-refractivity contribution in [1.29, 1.82) is 0 Å². The van der Waals surface area contributed by atoms with Crippen LogP contribution in [0.3, 0.4) is 0 Å². The Morgan fingerprint density at radius 3 is 2.43 bits per heavy atom. The highest BCUT2D eigenvalue weighted by molar-refractivity contribution is 7.89. The number of hydrogen-bond acceptors (Lipinski definition) is 4. The molecule has 0 unspecified atom stereocenters. The maximum absolute atomic E-state index is 12.4.